The Hall–Kier alpha value is -2.86. The van der Waals surface area contributed by atoms with E-state index in [0.29, 0.717) is 18.6 Å². The first-order valence-electron chi connectivity index (χ1n) is 12.9. The van der Waals surface area contributed by atoms with Crippen molar-refractivity contribution >= 4 is 11.9 Å². The topological polar surface area (TPSA) is 61.9 Å². The van der Waals surface area contributed by atoms with E-state index in [4.69, 9.17) is 4.74 Å². The highest BCUT2D eigenvalue weighted by Crippen LogP contribution is 2.46. The van der Waals surface area contributed by atoms with Crippen LogP contribution in [0.25, 0.3) is 0 Å². The van der Waals surface area contributed by atoms with Gasteiger partial charge in [-0.15, -0.1) is 0 Å². The highest BCUT2D eigenvalue weighted by Gasteiger charge is 2.63. The Balaban J connectivity index is 1.78. The molecule has 0 bridgehead atoms. The van der Waals surface area contributed by atoms with Gasteiger partial charge in [0.15, 0.2) is 6.23 Å². The van der Waals surface area contributed by atoms with Crippen molar-refractivity contribution in [1.29, 1.82) is 0 Å². The Morgan fingerprint density at radius 1 is 1.06 bits per heavy atom. The summed E-state index contributed by atoms with van der Waals surface area (Å²) in [4.78, 5) is 30.1. The number of aryl methyl sites for hydroxylation is 1. The number of benzene rings is 2. The molecule has 190 valence electrons. The van der Waals surface area contributed by atoms with Gasteiger partial charge < -0.3 is 15.0 Å². The minimum atomic E-state index is -0.689. The molecule has 2 aromatic carbocycles. The first kappa shape index (κ1) is 26.7. The number of carbonyl (C=O) groups excluding carboxylic acids is 2. The van der Waals surface area contributed by atoms with E-state index in [-0.39, 0.29) is 18.0 Å². The van der Waals surface area contributed by atoms with Crippen molar-refractivity contribution in [2.75, 3.05) is 20.6 Å². The molecule has 0 radical (unpaired) electrons. The van der Waals surface area contributed by atoms with Gasteiger partial charge in [-0.25, -0.2) is 9.69 Å². The molecule has 0 aliphatic carbocycles. The van der Waals surface area contributed by atoms with Gasteiger partial charge in [-0.3, -0.25) is 4.79 Å². The standard InChI is InChI=1S/C29H41N3O3/c1-7-10-25(23-15-11-21(4)12-16-23)30-28(34)32-26(33)29(8-2,9-3)27(32)35-24-17-13-22(14-18-24)19-20-31(5)6/h11-18,25,27H,7-10,19-20H2,1-6H3,(H,30,34)/t25-,27+/m1/s1. The molecular formula is C29H41N3O3. The molecule has 0 aromatic heterocycles. The highest BCUT2D eigenvalue weighted by molar-refractivity contribution is 6.03. The van der Waals surface area contributed by atoms with Crippen molar-refractivity contribution in [2.24, 2.45) is 5.41 Å². The lowest BCUT2D eigenvalue weighted by Gasteiger charge is -2.53. The summed E-state index contributed by atoms with van der Waals surface area (Å²) in [5.74, 6) is 0.510. The zero-order chi connectivity index (χ0) is 25.6. The number of ether oxygens (including phenoxy) is 1. The molecule has 1 fully saturated rings. The summed E-state index contributed by atoms with van der Waals surface area (Å²) in [6.07, 6.45) is 3.28. The van der Waals surface area contributed by atoms with Crippen LogP contribution in [0.4, 0.5) is 4.79 Å². The van der Waals surface area contributed by atoms with Gasteiger partial charge in [0.05, 0.1) is 6.04 Å². The minimum absolute atomic E-state index is 0.157. The third kappa shape index (κ3) is 5.87. The number of β-lactam (4-membered cyclic amide) rings is 1. The lowest BCUT2D eigenvalue weighted by molar-refractivity contribution is -0.191. The van der Waals surface area contributed by atoms with Crippen molar-refractivity contribution < 1.29 is 14.3 Å². The van der Waals surface area contributed by atoms with Crippen LogP contribution in [-0.4, -0.2) is 48.6 Å². The number of likely N-dealkylation sites (N-methyl/N-ethyl adjacent to an activating group) is 1. The van der Waals surface area contributed by atoms with E-state index in [9.17, 15) is 9.59 Å². The maximum absolute atomic E-state index is 13.4. The molecule has 3 rings (SSSR count). The van der Waals surface area contributed by atoms with Crippen LogP contribution in [0.1, 0.15) is 69.2 Å². The molecular weight excluding hydrogens is 438 g/mol. The number of likely N-dealkylation sites (tertiary alicyclic amines) is 1. The van der Waals surface area contributed by atoms with E-state index in [1.165, 1.54) is 16.0 Å². The average molecular weight is 480 g/mol. The molecule has 35 heavy (non-hydrogen) atoms. The van der Waals surface area contributed by atoms with E-state index in [0.717, 1.165) is 31.4 Å². The van der Waals surface area contributed by atoms with Crippen LogP contribution < -0.4 is 10.1 Å². The van der Waals surface area contributed by atoms with Crippen molar-refractivity contribution in [3.63, 3.8) is 0 Å². The maximum Gasteiger partial charge on any atom is 0.327 e. The molecule has 3 amide bonds. The minimum Gasteiger partial charge on any atom is -0.469 e. The van der Waals surface area contributed by atoms with E-state index >= 15 is 0 Å². The Kier molecular flexibility index (Phi) is 8.95. The second-order valence-electron chi connectivity index (χ2n) is 9.91. The predicted octanol–water partition coefficient (Wildman–Crippen LogP) is 5.70. The molecule has 2 aromatic rings. The van der Waals surface area contributed by atoms with Crippen LogP contribution in [0.5, 0.6) is 5.75 Å². The monoisotopic (exact) mass is 479 g/mol. The number of imide groups is 1. The summed E-state index contributed by atoms with van der Waals surface area (Å²) in [7, 11) is 4.12. The van der Waals surface area contributed by atoms with Crippen LogP contribution in [0.3, 0.4) is 0 Å². The van der Waals surface area contributed by atoms with Crippen molar-refractivity contribution in [1.82, 2.24) is 15.1 Å². The number of nitrogens with zero attached hydrogens (tertiary/aromatic N) is 2. The molecule has 1 heterocycles. The summed E-state index contributed by atoms with van der Waals surface area (Å²) >= 11 is 0. The fourth-order valence-corrected chi connectivity index (χ4v) is 4.74. The number of rotatable bonds is 11. The summed E-state index contributed by atoms with van der Waals surface area (Å²) in [6, 6.07) is 15.6. The molecule has 6 heteroatoms. The maximum atomic E-state index is 13.4. The predicted molar refractivity (Wildman–Crippen MR) is 140 cm³/mol. The molecule has 1 N–H and O–H groups in total. The van der Waals surface area contributed by atoms with Crippen LogP contribution in [0.15, 0.2) is 48.5 Å². The molecule has 0 unspecified atom stereocenters. The van der Waals surface area contributed by atoms with E-state index in [1.54, 1.807) is 0 Å². The second-order valence-corrected chi connectivity index (χ2v) is 9.91. The van der Waals surface area contributed by atoms with Gasteiger partial charge in [0.1, 0.15) is 11.2 Å². The smallest absolute Gasteiger partial charge is 0.327 e. The van der Waals surface area contributed by atoms with Gasteiger partial charge in [-0.05, 0) is 70.0 Å². The van der Waals surface area contributed by atoms with Gasteiger partial charge in [0, 0.05) is 6.54 Å². The average Bonchev–Trinajstić information content (AvgIpc) is 2.84. The molecule has 1 aliphatic rings. The van der Waals surface area contributed by atoms with Crippen molar-refractivity contribution in [3.05, 3.63) is 65.2 Å². The Labute approximate surface area is 210 Å². The first-order chi connectivity index (χ1) is 16.7. The van der Waals surface area contributed by atoms with Gasteiger partial charge in [0.25, 0.3) is 0 Å². The number of carbonyl (C=O) groups is 2. The summed E-state index contributed by atoms with van der Waals surface area (Å²) < 4.78 is 6.33. The summed E-state index contributed by atoms with van der Waals surface area (Å²) in [6.45, 7) is 9.09. The van der Waals surface area contributed by atoms with Crippen molar-refractivity contribution in [3.8, 4) is 5.75 Å². The highest BCUT2D eigenvalue weighted by atomic mass is 16.5. The van der Waals surface area contributed by atoms with Gasteiger partial charge in [-0.1, -0.05) is 69.2 Å². The molecule has 0 saturated carbocycles. The van der Waals surface area contributed by atoms with Crippen LogP contribution in [0.2, 0.25) is 0 Å². The van der Waals surface area contributed by atoms with E-state index < -0.39 is 11.6 Å². The third-order valence-electron chi connectivity index (χ3n) is 7.21. The molecule has 2 atom stereocenters. The second kappa shape index (κ2) is 11.7. The molecule has 1 aliphatic heterocycles. The zero-order valence-electron chi connectivity index (χ0n) is 22.1. The Bertz CT molecular complexity index is 981. The number of urea groups is 1. The van der Waals surface area contributed by atoms with Crippen LogP contribution in [0, 0.1) is 12.3 Å². The van der Waals surface area contributed by atoms with Crippen molar-refractivity contribution in [2.45, 2.75) is 72.1 Å². The van der Waals surface area contributed by atoms with Crippen LogP contribution in [-0.2, 0) is 11.2 Å². The fraction of sp³-hybridized carbons (Fsp3) is 0.517. The van der Waals surface area contributed by atoms with Gasteiger partial charge in [0.2, 0.25) is 5.91 Å². The lowest BCUT2D eigenvalue weighted by atomic mass is 9.72. The Morgan fingerprint density at radius 3 is 2.23 bits per heavy atom. The molecule has 6 nitrogen and oxygen atoms in total. The van der Waals surface area contributed by atoms with E-state index in [1.807, 2.05) is 57.2 Å². The number of hydrogen-bond donors (Lipinski definition) is 1. The Morgan fingerprint density at radius 2 is 1.69 bits per heavy atom. The number of hydrogen-bond acceptors (Lipinski definition) is 4. The van der Waals surface area contributed by atoms with Gasteiger partial charge in [-0.2, -0.15) is 0 Å². The zero-order valence-corrected chi connectivity index (χ0v) is 22.1. The molecule has 1 saturated heterocycles. The normalized spacial score (nSPS) is 17.7. The number of nitrogens with one attached hydrogen (secondary N) is 1. The summed E-state index contributed by atoms with van der Waals surface area (Å²) in [5, 5.41) is 3.11. The summed E-state index contributed by atoms with van der Waals surface area (Å²) in [5.41, 5.74) is 2.75. The van der Waals surface area contributed by atoms with E-state index in [2.05, 4.69) is 43.4 Å². The number of amides is 3. The largest absolute Gasteiger partial charge is 0.469 e. The SMILES string of the molecule is CCC[C@@H](NC(=O)N1C(=O)C(CC)(CC)[C@@H]1Oc1ccc(CCN(C)C)cc1)c1ccc(C)cc1. The fourth-order valence-electron chi connectivity index (χ4n) is 4.74. The quantitative estimate of drug-likeness (QED) is 0.420. The van der Waals surface area contributed by atoms with Gasteiger partial charge >= 0.3 is 6.03 Å². The molecule has 0 spiro atoms. The van der Waals surface area contributed by atoms with Crippen LogP contribution >= 0.6 is 0 Å². The first-order valence-corrected chi connectivity index (χ1v) is 12.9. The third-order valence-corrected chi connectivity index (χ3v) is 7.21. The lowest BCUT2D eigenvalue weighted by Crippen LogP contribution is -2.73.